The summed E-state index contributed by atoms with van der Waals surface area (Å²) in [6.45, 7) is 9.05. The van der Waals surface area contributed by atoms with Gasteiger partial charge in [-0.3, -0.25) is 9.59 Å². The number of rotatable bonds is 13. The van der Waals surface area contributed by atoms with Gasteiger partial charge in [0.15, 0.2) is 0 Å². The van der Waals surface area contributed by atoms with Crippen LogP contribution in [0.2, 0.25) is 0 Å². The minimum atomic E-state index is -1.27. The first-order valence-corrected chi connectivity index (χ1v) is 10.3. The second-order valence-electron chi connectivity index (χ2n) is 8.51. The van der Waals surface area contributed by atoms with E-state index in [1.165, 1.54) is 32.1 Å². The highest BCUT2D eigenvalue weighted by atomic mass is 16.5. The van der Waals surface area contributed by atoms with Crippen LogP contribution >= 0.6 is 0 Å². The number of ether oxygens (including phenoxy) is 1. The van der Waals surface area contributed by atoms with Gasteiger partial charge in [-0.1, -0.05) is 57.6 Å². The van der Waals surface area contributed by atoms with Gasteiger partial charge in [-0.25, -0.2) is 0 Å². The number of benzene rings is 1. The summed E-state index contributed by atoms with van der Waals surface area (Å²) in [6.07, 6.45) is 8.13. The summed E-state index contributed by atoms with van der Waals surface area (Å²) in [5.74, 6) is -1.55. The molecule has 0 radical (unpaired) electrons. The summed E-state index contributed by atoms with van der Waals surface area (Å²) < 4.78 is 5.96. The molecule has 0 aliphatic carbocycles. The first-order chi connectivity index (χ1) is 13.1. The monoisotopic (exact) mass is 392 g/mol. The second-order valence-corrected chi connectivity index (χ2v) is 8.51. The molecule has 0 spiro atoms. The van der Waals surface area contributed by atoms with Crippen molar-refractivity contribution in [1.29, 1.82) is 0 Å². The molecule has 158 valence electrons. The molecule has 0 aliphatic heterocycles. The Bertz CT molecular complexity index is 661. The number of carboxylic acids is 2. The average Bonchev–Trinajstić information content (AvgIpc) is 2.63. The maximum absolute atomic E-state index is 11.9. The second kappa shape index (κ2) is 10.5. The van der Waals surface area contributed by atoms with Gasteiger partial charge >= 0.3 is 11.9 Å². The molecule has 0 saturated heterocycles. The van der Waals surface area contributed by atoms with Crippen molar-refractivity contribution < 1.29 is 24.5 Å². The minimum absolute atomic E-state index is 0.442. The van der Waals surface area contributed by atoms with Crippen LogP contribution in [0.5, 0.6) is 5.75 Å². The van der Waals surface area contributed by atoms with E-state index in [-0.39, 0.29) is 0 Å². The Morgan fingerprint density at radius 1 is 0.857 bits per heavy atom. The highest BCUT2D eigenvalue weighted by molar-refractivity contribution is 5.86. The van der Waals surface area contributed by atoms with Gasteiger partial charge in [-0.2, -0.15) is 0 Å². The Morgan fingerprint density at radius 3 is 1.93 bits per heavy atom. The molecule has 0 atom stereocenters. The van der Waals surface area contributed by atoms with Crippen LogP contribution in [0.3, 0.4) is 0 Å². The molecule has 0 unspecified atom stereocenters. The SMILES string of the molecule is CCCCCCCCCOc1cccc(C(C)(C)C(=O)O)c1C(C)(C)C(=O)O. The zero-order valence-corrected chi connectivity index (χ0v) is 18.0. The average molecular weight is 393 g/mol. The van der Waals surface area contributed by atoms with E-state index in [1.54, 1.807) is 45.9 Å². The lowest BCUT2D eigenvalue weighted by atomic mass is 9.73. The van der Waals surface area contributed by atoms with E-state index in [9.17, 15) is 19.8 Å². The first-order valence-electron chi connectivity index (χ1n) is 10.3. The maximum atomic E-state index is 11.9. The standard InChI is InChI=1S/C23H36O5/c1-6-7-8-9-10-11-12-16-28-18-15-13-14-17(22(2,3)20(24)25)19(18)23(4,5)21(26)27/h13-15H,6-12,16H2,1-5H3,(H,24,25)(H,26,27). The van der Waals surface area contributed by atoms with Gasteiger partial charge in [0.2, 0.25) is 0 Å². The van der Waals surface area contributed by atoms with Crippen LogP contribution in [-0.4, -0.2) is 28.8 Å². The van der Waals surface area contributed by atoms with Crippen molar-refractivity contribution in [2.75, 3.05) is 6.61 Å². The minimum Gasteiger partial charge on any atom is -0.493 e. The molecule has 28 heavy (non-hydrogen) atoms. The molecule has 2 N–H and O–H groups in total. The molecule has 1 aromatic carbocycles. The largest absolute Gasteiger partial charge is 0.493 e. The molecule has 1 aromatic rings. The molecule has 5 heteroatoms. The van der Waals surface area contributed by atoms with Crippen LogP contribution < -0.4 is 4.74 Å². The topological polar surface area (TPSA) is 83.8 Å². The third-order valence-electron chi connectivity index (χ3n) is 5.40. The number of carbonyl (C=O) groups is 2. The van der Waals surface area contributed by atoms with Gasteiger partial charge in [-0.05, 0) is 45.7 Å². The first kappa shape index (κ1) is 24.0. The Morgan fingerprint density at radius 2 is 1.39 bits per heavy atom. The molecule has 0 heterocycles. The van der Waals surface area contributed by atoms with Gasteiger partial charge in [0.25, 0.3) is 0 Å². The van der Waals surface area contributed by atoms with Crippen molar-refractivity contribution in [3.05, 3.63) is 29.3 Å². The predicted molar refractivity (Wildman–Crippen MR) is 111 cm³/mol. The number of unbranched alkanes of at least 4 members (excludes halogenated alkanes) is 6. The number of aliphatic carboxylic acids is 2. The maximum Gasteiger partial charge on any atom is 0.313 e. The Labute approximate surface area is 169 Å². The molecule has 0 amide bonds. The lowest BCUT2D eigenvalue weighted by Gasteiger charge is -2.31. The fourth-order valence-electron chi connectivity index (χ4n) is 3.28. The van der Waals surface area contributed by atoms with Crippen molar-refractivity contribution in [3.8, 4) is 5.75 Å². The smallest absolute Gasteiger partial charge is 0.313 e. The molecule has 0 saturated carbocycles. The quantitative estimate of drug-likeness (QED) is 0.431. The molecule has 1 rings (SSSR count). The number of carboxylic acid groups (broad SMARTS) is 2. The van der Waals surface area contributed by atoms with E-state index in [4.69, 9.17) is 4.74 Å². The van der Waals surface area contributed by atoms with Crippen LogP contribution in [0.25, 0.3) is 0 Å². The summed E-state index contributed by atoms with van der Waals surface area (Å²) in [6, 6.07) is 5.17. The van der Waals surface area contributed by atoms with E-state index in [2.05, 4.69) is 6.92 Å². The number of hydrogen-bond acceptors (Lipinski definition) is 3. The third kappa shape index (κ3) is 5.98. The van der Waals surface area contributed by atoms with Crippen molar-refractivity contribution in [2.24, 2.45) is 0 Å². The van der Waals surface area contributed by atoms with Crippen LogP contribution in [0.15, 0.2) is 18.2 Å². The van der Waals surface area contributed by atoms with E-state index in [0.29, 0.717) is 23.5 Å². The van der Waals surface area contributed by atoms with E-state index in [1.807, 2.05) is 0 Å². The van der Waals surface area contributed by atoms with E-state index < -0.39 is 22.8 Å². The Hall–Kier alpha value is -2.04. The Kier molecular flexibility index (Phi) is 8.99. The van der Waals surface area contributed by atoms with Crippen LogP contribution in [0, 0.1) is 0 Å². The van der Waals surface area contributed by atoms with Crippen LogP contribution in [0.4, 0.5) is 0 Å². The summed E-state index contributed by atoms with van der Waals surface area (Å²) >= 11 is 0. The van der Waals surface area contributed by atoms with Crippen LogP contribution in [-0.2, 0) is 20.4 Å². The van der Waals surface area contributed by atoms with E-state index >= 15 is 0 Å². The lowest BCUT2D eigenvalue weighted by molar-refractivity contribution is -0.144. The fraction of sp³-hybridized carbons (Fsp3) is 0.652. The van der Waals surface area contributed by atoms with Gasteiger partial charge in [-0.15, -0.1) is 0 Å². The highest BCUT2D eigenvalue weighted by Gasteiger charge is 2.41. The highest BCUT2D eigenvalue weighted by Crippen LogP contribution is 2.40. The van der Waals surface area contributed by atoms with E-state index in [0.717, 1.165) is 12.8 Å². The zero-order chi connectivity index (χ0) is 21.4. The summed E-state index contributed by atoms with van der Waals surface area (Å²) in [5.41, 5.74) is -1.57. The van der Waals surface area contributed by atoms with Crippen molar-refractivity contribution in [1.82, 2.24) is 0 Å². The van der Waals surface area contributed by atoms with Crippen LogP contribution in [0.1, 0.15) is 90.7 Å². The fourth-order valence-corrected chi connectivity index (χ4v) is 3.28. The van der Waals surface area contributed by atoms with Crippen molar-refractivity contribution in [2.45, 2.75) is 90.4 Å². The molecule has 5 nitrogen and oxygen atoms in total. The summed E-state index contributed by atoms with van der Waals surface area (Å²) in [5, 5.41) is 19.4. The van der Waals surface area contributed by atoms with Gasteiger partial charge in [0.05, 0.1) is 17.4 Å². The summed E-state index contributed by atoms with van der Waals surface area (Å²) in [7, 11) is 0. The zero-order valence-electron chi connectivity index (χ0n) is 18.0. The lowest BCUT2D eigenvalue weighted by Crippen LogP contribution is -2.36. The predicted octanol–water partition coefficient (Wildman–Crippen LogP) is 5.54. The normalized spacial score (nSPS) is 12.0. The van der Waals surface area contributed by atoms with Crippen molar-refractivity contribution >= 4 is 11.9 Å². The third-order valence-corrected chi connectivity index (χ3v) is 5.40. The van der Waals surface area contributed by atoms with Crippen molar-refractivity contribution in [3.63, 3.8) is 0 Å². The number of hydrogen-bond donors (Lipinski definition) is 2. The molecule has 0 aromatic heterocycles. The van der Waals surface area contributed by atoms with Gasteiger partial charge in [0, 0.05) is 5.56 Å². The molecule has 0 fully saturated rings. The molecular formula is C23H36O5. The van der Waals surface area contributed by atoms with Gasteiger partial charge < -0.3 is 14.9 Å². The summed E-state index contributed by atoms with van der Waals surface area (Å²) in [4.78, 5) is 23.7. The Balaban J connectivity index is 3.00. The molecule has 0 bridgehead atoms. The molecular weight excluding hydrogens is 356 g/mol. The van der Waals surface area contributed by atoms with Gasteiger partial charge in [0.1, 0.15) is 5.75 Å². The molecule has 0 aliphatic rings.